The molecule has 1 aliphatic rings. The van der Waals surface area contributed by atoms with E-state index in [1.165, 1.54) is 0 Å². The summed E-state index contributed by atoms with van der Waals surface area (Å²) in [6.07, 6.45) is 0.848. The van der Waals surface area contributed by atoms with E-state index in [1.807, 2.05) is 23.5 Å². The Morgan fingerprint density at radius 1 is 1.44 bits per heavy atom. The maximum atomic E-state index is 11.3. The molecule has 0 aromatic rings. The van der Waals surface area contributed by atoms with Crippen molar-refractivity contribution in [3.8, 4) is 0 Å². The summed E-state index contributed by atoms with van der Waals surface area (Å²) in [6.45, 7) is 1.67. The monoisotopic (exact) mass is 284 g/mol. The predicted octanol–water partition coefficient (Wildman–Crippen LogP) is 1.41. The highest BCUT2D eigenvalue weighted by atomic mass is 32.2. The molecule has 0 bridgehead atoms. The zero-order chi connectivity index (χ0) is 12.0. The molecule has 1 N–H and O–H groups in total. The molecule has 1 heterocycles. The maximum absolute atomic E-state index is 11.3. The molecule has 16 heavy (non-hydrogen) atoms. The van der Waals surface area contributed by atoms with Crippen molar-refractivity contribution in [3.05, 3.63) is 0 Å². The summed E-state index contributed by atoms with van der Waals surface area (Å²) < 4.78 is 22.5. The average Bonchev–Trinajstić information content (AvgIpc) is 2.30. The summed E-state index contributed by atoms with van der Waals surface area (Å²) in [5.74, 6) is 3.67. The molecule has 1 saturated heterocycles. The molecule has 0 aromatic heterocycles. The van der Waals surface area contributed by atoms with Gasteiger partial charge < -0.3 is 5.11 Å². The van der Waals surface area contributed by atoms with Crippen molar-refractivity contribution in [2.75, 3.05) is 28.8 Å². The highest BCUT2D eigenvalue weighted by Gasteiger charge is 2.22. The molecular formula is C10H20O3S3. The quantitative estimate of drug-likeness (QED) is 0.799. The lowest BCUT2D eigenvalue weighted by atomic mass is 10.1. The number of hydrogen-bond donors (Lipinski definition) is 1. The molecule has 0 aliphatic carbocycles. The SMILES string of the molecule is CCS(=O)(=O)CCCC(O)C1CSCCS1. The number of aliphatic hydroxyl groups is 1. The van der Waals surface area contributed by atoms with Crippen LogP contribution in [-0.4, -0.2) is 53.6 Å². The molecule has 3 nitrogen and oxygen atoms in total. The van der Waals surface area contributed by atoms with Gasteiger partial charge in [-0.05, 0) is 12.8 Å². The first kappa shape index (κ1) is 14.7. The molecule has 1 aliphatic heterocycles. The van der Waals surface area contributed by atoms with Gasteiger partial charge in [0.2, 0.25) is 0 Å². The van der Waals surface area contributed by atoms with Crippen molar-refractivity contribution in [2.45, 2.75) is 31.1 Å². The van der Waals surface area contributed by atoms with E-state index in [9.17, 15) is 13.5 Å². The molecule has 2 atom stereocenters. The molecule has 2 unspecified atom stereocenters. The van der Waals surface area contributed by atoms with Crippen LogP contribution in [-0.2, 0) is 9.84 Å². The summed E-state index contributed by atoms with van der Waals surface area (Å²) in [6, 6.07) is 0. The van der Waals surface area contributed by atoms with Crippen LogP contribution in [0.2, 0.25) is 0 Å². The van der Waals surface area contributed by atoms with Crippen LogP contribution in [0.25, 0.3) is 0 Å². The van der Waals surface area contributed by atoms with E-state index in [0.717, 1.165) is 17.3 Å². The van der Waals surface area contributed by atoms with Gasteiger partial charge in [-0.3, -0.25) is 0 Å². The normalized spacial score (nSPS) is 24.2. The third-order valence-corrected chi connectivity index (χ3v) is 7.36. The zero-order valence-corrected chi connectivity index (χ0v) is 12.0. The first-order chi connectivity index (χ1) is 7.55. The number of aliphatic hydroxyl groups excluding tert-OH is 1. The topological polar surface area (TPSA) is 54.4 Å². The Hall–Kier alpha value is 0.610. The van der Waals surface area contributed by atoms with Gasteiger partial charge in [0.15, 0.2) is 0 Å². The third kappa shape index (κ3) is 5.29. The van der Waals surface area contributed by atoms with Gasteiger partial charge in [0.1, 0.15) is 9.84 Å². The minimum atomic E-state index is -2.87. The van der Waals surface area contributed by atoms with Gasteiger partial charge in [-0.15, -0.1) is 0 Å². The predicted molar refractivity (Wildman–Crippen MR) is 73.1 cm³/mol. The van der Waals surface area contributed by atoms with E-state index in [-0.39, 0.29) is 17.6 Å². The molecule has 1 rings (SSSR count). The van der Waals surface area contributed by atoms with E-state index in [0.29, 0.717) is 18.1 Å². The van der Waals surface area contributed by atoms with Gasteiger partial charge in [0.05, 0.1) is 11.9 Å². The van der Waals surface area contributed by atoms with Crippen molar-refractivity contribution < 1.29 is 13.5 Å². The van der Waals surface area contributed by atoms with E-state index in [4.69, 9.17) is 0 Å². The molecule has 0 aromatic carbocycles. The van der Waals surface area contributed by atoms with Gasteiger partial charge in [-0.1, -0.05) is 6.92 Å². The van der Waals surface area contributed by atoms with Crippen molar-refractivity contribution in [1.82, 2.24) is 0 Å². The molecule has 6 heteroatoms. The van der Waals surface area contributed by atoms with E-state index >= 15 is 0 Å². The fourth-order valence-electron chi connectivity index (χ4n) is 1.57. The Morgan fingerprint density at radius 3 is 2.75 bits per heavy atom. The highest BCUT2D eigenvalue weighted by molar-refractivity contribution is 8.06. The van der Waals surface area contributed by atoms with Crippen LogP contribution in [0.1, 0.15) is 19.8 Å². The van der Waals surface area contributed by atoms with E-state index in [2.05, 4.69) is 0 Å². The summed E-state index contributed by atoms with van der Waals surface area (Å²) in [4.78, 5) is 0. The molecule has 0 amide bonds. The summed E-state index contributed by atoms with van der Waals surface area (Å²) in [7, 11) is -2.87. The second kappa shape index (κ2) is 7.13. The second-order valence-corrected chi connectivity index (χ2v) is 8.90. The van der Waals surface area contributed by atoms with Crippen LogP contribution in [0.15, 0.2) is 0 Å². The van der Waals surface area contributed by atoms with Crippen molar-refractivity contribution in [2.24, 2.45) is 0 Å². The fourth-order valence-corrected chi connectivity index (χ4v) is 5.28. The number of hydrogen-bond acceptors (Lipinski definition) is 5. The number of thioether (sulfide) groups is 2. The molecule has 1 fully saturated rings. The molecule has 0 radical (unpaired) electrons. The van der Waals surface area contributed by atoms with Crippen LogP contribution < -0.4 is 0 Å². The Kier molecular flexibility index (Phi) is 6.54. The zero-order valence-electron chi connectivity index (χ0n) is 9.59. The first-order valence-corrected chi connectivity index (χ1v) is 9.65. The van der Waals surface area contributed by atoms with Gasteiger partial charge >= 0.3 is 0 Å². The summed E-state index contributed by atoms with van der Waals surface area (Å²) in [5.41, 5.74) is 0. The van der Waals surface area contributed by atoms with E-state index < -0.39 is 9.84 Å². The molecule has 0 saturated carbocycles. The Morgan fingerprint density at radius 2 is 2.19 bits per heavy atom. The van der Waals surface area contributed by atoms with Crippen LogP contribution in [0.4, 0.5) is 0 Å². The van der Waals surface area contributed by atoms with E-state index in [1.54, 1.807) is 6.92 Å². The van der Waals surface area contributed by atoms with Crippen molar-refractivity contribution in [1.29, 1.82) is 0 Å². The summed E-state index contributed by atoms with van der Waals surface area (Å²) >= 11 is 3.69. The Labute approximate surface area is 107 Å². The van der Waals surface area contributed by atoms with Crippen LogP contribution in [0, 0.1) is 0 Å². The Bertz CT molecular complexity index is 284. The highest BCUT2D eigenvalue weighted by Crippen LogP contribution is 2.27. The maximum Gasteiger partial charge on any atom is 0.150 e. The summed E-state index contributed by atoms with van der Waals surface area (Å²) in [5, 5.41) is 10.2. The van der Waals surface area contributed by atoms with Crippen LogP contribution in [0.3, 0.4) is 0 Å². The lowest BCUT2D eigenvalue weighted by Gasteiger charge is -2.25. The average molecular weight is 284 g/mol. The third-order valence-electron chi connectivity index (χ3n) is 2.67. The van der Waals surface area contributed by atoms with Crippen LogP contribution in [0.5, 0.6) is 0 Å². The largest absolute Gasteiger partial charge is 0.392 e. The lowest BCUT2D eigenvalue weighted by Crippen LogP contribution is -2.29. The van der Waals surface area contributed by atoms with Gasteiger partial charge in [0, 0.05) is 28.3 Å². The number of rotatable bonds is 6. The number of sulfone groups is 1. The van der Waals surface area contributed by atoms with Crippen LogP contribution >= 0.6 is 23.5 Å². The smallest absolute Gasteiger partial charge is 0.150 e. The minimum absolute atomic E-state index is 0.205. The van der Waals surface area contributed by atoms with Crippen molar-refractivity contribution in [3.63, 3.8) is 0 Å². The van der Waals surface area contributed by atoms with Gasteiger partial charge in [-0.25, -0.2) is 8.42 Å². The lowest BCUT2D eigenvalue weighted by molar-refractivity contribution is 0.166. The minimum Gasteiger partial charge on any atom is -0.392 e. The fraction of sp³-hybridized carbons (Fsp3) is 1.00. The second-order valence-electron chi connectivity index (χ2n) is 3.93. The molecule has 96 valence electrons. The first-order valence-electron chi connectivity index (χ1n) is 5.63. The van der Waals surface area contributed by atoms with Crippen molar-refractivity contribution >= 4 is 33.4 Å². The van der Waals surface area contributed by atoms with Gasteiger partial charge in [-0.2, -0.15) is 23.5 Å². The standard InChI is InChI=1S/C10H20O3S3/c1-2-16(12,13)7-3-4-9(11)10-8-14-5-6-15-10/h9-11H,2-8H2,1H3. The Balaban J connectivity index is 2.21. The molecule has 0 spiro atoms. The molecular weight excluding hydrogens is 264 g/mol. The van der Waals surface area contributed by atoms with Gasteiger partial charge in [0.25, 0.3) is 0 Å².